The highest BCUT2D eigenvalue weighted by Gasteiger charge is 2.27. The Labute approximate surface area is 117 Å². The van der Waals surface area contributed by atoms with Crippen LogP contribution in [0.2, 0.25) is 0 Å². The number of likely N-dealkylation sites (tertiary alicyclic amines) is 1. The molecule has 20 heavy (non-hydrogen) atoms. The van der Waals surface area contributed by atoms with Gasteiger partial charge in [-0.1, -0.05) is 30.3 Å². The third-order valence-corrected chi connectivity index (χ3v) is 3.58. The second-order valence-corrected chi connectivity index (χ2v) is 5.05. The maximum absolute atomic E-state index is 12.1. The van der Waals surface area contributed by atoms with E-state index in [4.69, 9.17) is 5.73 Å². The van der Waals surface area contributed by atoms with E-state index in [0.29, 0.717) is 25.1 Å². The molecule has 0 aromatic heterocycles. The minimum absolute atomic E-state index is 0.157. The number of benzene rings is 1. The largest absolute Gasteiger partial charge is 0.369 e. The molecule has 5 heteroatoms. The van der Waals surface area contributed by atoms with E-state index in [2.05, 4.69) is 0 Å². The van der Waals surface area contributed by atoms with Gasteiger partial charge >= 0.3 is 0 Å². The maximum Gasteiger partial charge on any atom is 0.230 e. The van der Waals surface area contributed by atoms with Crippen LogP contribution in [0.15, 0.2) is 30.3 Å². The van der Waals surface area contributed by atoms with E-state index in [1.807, 2.05) is 6.07 Å². The highest BCUT2D eigenvalue weighted by molar-refractivity contribution is 6.07. The molecule has 5 nitrogen and oxygen atoms in total. The van der Waals surface area contributed by atoms with E-state index in [-0.39, 0.29) is 29.9 Å². The maximum atomic E-state index is 12.1. The average Bonchev–Trinajstić information content (AvgIpc) is 2.48. The first-order valence-corrected chi connectivity index (χ1v) is 6.73. The SMILES string of the molecule is NC(=O)C1CCCN(C(=O)CC(=O)c2ccccc2)C1. The molecule has 2 amide bonds. The van der Waals surface area contributed by atoms with Crippen LogP contribution in [0, 0.1) is 5.92 Å². The van der Waals surface area contributed by atoms with Crippen molar-refractivity contribution >= 4 is 17.6 Å². The molecule has 1 aliphatic heterocycles. The molecule has 2 rings (SSSR count). The van der Waals surface area contributed by atoms with Crippen LogP contribution in [0.4, 0.5) is 0 Å². The summed E-state index contributed by atoms with van der Waals surface area (Å²) < 4.78 is 0. The Morgan fingerprint density at radius 1 is 1.20 bits per heavy atom. The van der Waals surface area contributed by atoms with Crippen molar-refractivity contribution in [3.63, 3.8) is 0 Å². The summed E-state index contributed by atoms with van der Waals surface area (Å²) in [7, 11) is 0. The van der Waals surface area contributed by atoms with Crippen LogP contribution in [-0.2, 0) is 9.59 Å². The van der Waals surface area contributed by atoms with Crippen LogP contribution >= 0.6 is 0 Å². The number of primary amides is 1. The van der Waals surface area contributed by atoms with Crippen LogP contribution in [0.1, 0.15) is 29.6 Å². The number of piperidine rings is 1. The molecule has 1 heterocycles. The monoisotopic (exact) mass is 274 g/mol. The van der Waals surface area contributed by atoms with Gasteiger partial charge in [-0.3, -0.25) is 14.4 Å². The van der Waals surface area contributed by atoms with Crippen molar-refractivity contribution in [3.05, 3.63) is 35.9 Å². The molecule has 0 radical (unpaired) electrons. The van der Waals surface area contributed by atoms with Gasteiger partial charge in [0.25, 0.3) is 0 Å². The normalized spacial score (nSPS) is 18.6. The Morgan fingerprint density at radius 3 is 2.55 bits per heavy atom. The summed E-state index contributed by atoms with van der Waals surface area (Å²) in [5.74, 6) is -1.10. The molecule has 1 fully saturated rings. The fraction of sp³-hybridized carbons (Fsp3) is 0.400. The van der Waals surface area contributed by atoms with Gasteiger partial charge < -0.3 is 10.6 Å². The molecular weight excluding hydrogens is 256 g/mol. The third-order valence-electron chi connectivity index (χ3n) is 3.58. The minimum atomic E-state index is -0.378. The number of ketones is 1. The predicted octanol–water partition coefficient (Wildman–Crippen LogP) is 0.983. The first kappa shape index (κ1) is 14.2. The molecular formula is C15H18N2O3. The van der Waals surface area contributed by atoms with Gasteiger partial charge in [-0.15, -0.1) is 0 Å². The first-order chi connectivity index (χ1) is 9.58. The summed E-state index contributed by atoms with van der Waals surface area (Å²) in [5.41, 5.74) is 5.81. The molecule has 1 unspecified atom stereocenters. The van der Waals surface area contributed by atoms with Crippen molar-refractivity contribution in [1.82, 2.24) is 4.90 Å². The van der Waals surface area contributed by atoms with Gasteiger partial charge in [-0.05, 0) is 12.8 Å². The lowest BCUT2D eigenvalue weighted by molar-refractivity contribution is -0.134. The van der Waals surface area contributed by atoms with Crippen molar-refractivity contribution in [2.75, 3.05) is 13.1 Å². The number of rotatable bonds is 4. The van der Waals surface area contributed by atoms with Crippen molar-refractivity contribution < 1.29 is 14.4 Å². The summed E-state index contributed by atoms with van der Waals surface area (Å²) >= 11 is 0. The van der Waals surface area contributed by atoms with Crippen molar-refractivity contribution in [2.24, 2.45) is 11.7 Å². The minimum Gasteiger partial charge on any atom is -0.369 e. The highest BCUT2D eigenvalue weighted by Crippen LogP contribution is 2.17. The Bertz CT molecular complexity index is 513. The summed E-state index contributed by atoms with van der Waals surface area (Å²) in [5, 5.41) is 0. The lowest BCUT2D eigenvalue weighted by Crippen LogP contribution is -2.44. The second kappa shape index (κ2) is 6.32. The van der Waals surface area contributed by atoms with Crippen molar-refractivity contribution in [2.45, 2.75) is 19.3 Å². The first-order valence-electron chi connectivity index (χ1n) is 6.73. The number of amides is 2. The molecule has 0 aliphatic carbocycles. The van der Waals surface area contributed by atoms with E-state index in [0.717, 1.165) is 6.42 Å². The summed E-state index contributed by atoms with van der Waals surface area (Å²) in [6.45, 7) is 0.918. The zero-order valence-electron chi connectivity index (χ0n) is 11.2. The molecule has 1 saturated heterocycles. The Kier molecular flexibility index (Phi) is 4.50. The molecule has 1 aromatic rings. The smallest absolute Gasteiger partial charge is 0.230 e. The average molecular weight is 274 g/mol. The molecule has 1 aromatic carbocycles. The van der Waals surface area contributed by atoms with Gasteiger partial charge in [0, 0.05) is 18.7 Å². The van der Waals surface area contributed by atoms with Gasteiger partial charge in [0.1, 0.15) is 0 Å². The Morgan fingerprint density at radius 2 is 1.90 bits per heavy atom. The molecule has 106 valence electrons. The molecule has 1 atom stereocenters. The van der Waals surface area contributed by atoms with Gasteiger partial charge in [0.15, 0.2) is 5.78 Å². The number of hydrogen-bond donors (Lipinski definition) is 1. The predicted molar refractivity (Wildman–Crippen MR) is 73.9 cm³/mol. The molecule has 0 saturated carbocycles. The lowest BCUT2D eigenvalue weighted by atomic mass is 9.97. The number of Topliss-reactive ketones (excluding diaryl/α,β-unsaturated/α-hetero) is 1. The third kappa shape index (κ3) is 3.44. The zero-order valence-corrected chi connectivity index (χ0v) is 11.2. The Balaban J connectivity index is 1.95. The number of carbonyl (C=O) groups is 3. The molecule has 0 bridgehead atoms. The van der Waals surface area contributed by atoms with Gasteiger partial charge in [-0.25, -0.2) is 0 Å². The van der Waals surface area contributed by atoms with E-state index in [1.165, 1.54) is 0 Å². The van der Waals surface area contributed by atoms with Gasteiger partial charge in [0.05, 0.1) is 12.3 Å². The van der Waals surface area contributed by atoms with Crippen LogP contribution in [0.5, 0.6) is 0 Å². The van der Waals surface area contributed by atoms with Crippen LogP contribution in [-0.4, -0.2) is 35.6 Å². The van der Waals surface area contributed by atoms with Crippen LogP contribution < -0.4 is 5.73 Å². The molecule has 1 aliphatic rings. The lowest BCUT2D eigenvalue weighted by Gasteiger charge is -2.31. The van der Waals surface area contributed by atoms with Crippen LogP contribution in [0.25, 0.3) is 0 Å². The summed E-state index contributed by atoms with van der Waals surface area (Å²) in [6, 6.07) is 8.74. The van der Waals surface area contributed by atoms with Gasteiger partial charge in [0.2, 0.25) is 11.8 Å². The zero-order chi connectivity index (χ0) is 14.5. The van der Waals surface area contributed by atoms with E-state index >= 15 is 0 Å². The van der Waals surface area contributed by atoms with E-state index in [1.54, 1.807) is 29.2 Å². The van der Waals surface area contributed by atoms with Crippen LogP contribution in [0.3, 0.4) is 0 Å². The second-order valence-electron chi connectivity index (χ2n) is 5.05. The fourth-order valence-electron chi connectivity index (χ4n) is 2.41. The highest BCUT2D eigenvalue weighted by atomic mass is 16.2. The van der Waals surface area contributed by atoms with E-state index < -0.39 is 0 Å². The van der Waals surface area contributed by atoms with Crippen molar-refractivity contribution in [3.8, 4) is 0 Å². The molecule has 0 spiro atoms. The number of nitrogens with two attached hydrogens (primary N) is 1. The van der Waals surface area contributed by atoms with Gasteiger partial charge in [-0.2, -0.15) is 0 Å². The summed E-state index contributed by atoms with van der Waals surface area (Å²) in [4.78, 5) is 36.8. The topological polar surface area (TPSA) is 80.5 Å². The van der Waals surface area contributed by atoms with E-state index in [9.17, 15) is 14.4 Å². The fourth-order valence-corrected chi connectivity index (χ4v) is 2.41. The van der Waals surface area contributed by atoms with Crippen molar-refractivity contribution in [1.29, 1.82) is 0 Å². The molecule has 2 N–H and O–H groups in total. The summed E-state index contributed by atoms with van der Waals surface area (Å²) in [6.07, 6.45) is 1.31. The quantitative estimate of drug-likeness (QED) is 0.656. The standard InChI is InChI=1S/C15H18N2O3/c16-15(20)12-7-4-8-17(10-12)14(19)9-13(18)11-5-2-1-3-6-11/h1-3,5-6,12H,4,7-10H2,(H2,16,20). The number of nitrogens with zero attached hydrogens (tertiary/aromatic N) is 1. The Hall–Kier alpha value is -2.17. The number of carbonyl (C=O) groups excluding carboxylic acids is 3. The number of hydrogen-bond acceptors (Lipinski definition) is 3.